The number of rotatable bonds is 7. The molecule has 1 aromatic carbocycles. The monoisotopic (exact) mass is 290 g/mol. The lowest BCUT2D eigenvalue weighted by molar-refractivity contribution is 0.340. The fourth-order valence-electron chi connectivity index (χ4n) is 2.92. The Morgan fingerprint density at radius 2 is 1.86 bits per heavy atom. The molecule has 0 radical (unpaired) electrons. The van der Waals surface area contributed by atoms with Crippen LogP contribution in [0.4, 0.5) is 5.69 Å². The molecule has 0 saturated carbocycles. The summed E-state index contributed by atoms with van der Waals surface area (Å²) in [5, 5.41) is 3.46. The highest BCUT2D eigenvalue weighted by Crippen LogP contribution is 2.31. The summed E-state index contributed by atoms with van der Waals surface area (Å²) in [7, 11) is 0. The Morgan fingerprint density at radius 3 is 2.52 bits per heavy atom. The first-order chi connectivity index (χ1) is 10.3. The lowest BCUT2D eigenvalue weighted by atomic mass is 10.1. The van der Waals surface area contributed by atoms with Gasteiger partial charge in [-0.05, 0) is 50.4 Å². The van der Waals surface area contributed by atoms with Crippen LogP contribution in [0.25, 0.3) is 0 Å². The van der Waals surface area contributed by atoms with Crippen molar-refractivity contribution in [1.82, 2.24) is 5.32 Å². The van der Waals surface area contributed by atoms with Crippen LogP contribution in [-0.2, 0) is 6.54 Å². The molecule has 1 aromatic rings. The van der Waals surface area contributed by atoms with Crippen LogP contribution in [0, 0.1) is 0 Å². The first kappa shape index (κ1) is 16.2. The molecule has 118 valence electrons. The molecule has 1 N–H and O–H groups in total. The molecular weight excluding hydrogens is 260 g/mol. The minimum Gasteiger partial charge on any atom is -0.492 e. The number of nitrogens with zero attached hydrogens (tertiary/aromatic N) is 1. The summed E-state index contributed by atoms with van der Waals surface area (Å²) in [4.78, 5) is 2.50. The molecule has 0 unspecified atom stereocenters. The molecule has 2 rings (SSSR count). The van der Waals surface area contributed by atoms with E-state index < -0.39 is 0 Å². The summed E-state index contributed by atoms with van der Waals surface area (Å²) >= 11 is 0. The summed E-state index contributed by atoms with van der Waals surface area (Å²) in [5.74, 6) is 1.05. The zero-order valence-electron chi connectivity index (χ0n) is 13.7. The minimum absolute atomic E-state index is 0.729. The smallest absolute Gasteiger partial charge is 0.142 e. The largest absolute Gasteiger partial charge is 0.492 e. The van der Waals surface area contributed by atoms with Crippen molar-refractivity contribution in [2.24, 2.45) is 0 Å². The number of hydrogen-bond donors (Lipinski definition) is 1. The van der Waals surface area contributed by atoms with Crippen molar-refractivity contribution in [3.8, 4) is 5.75 Å². The standard InChI is InChI=1S/C18H30N2O/c1-3-11-19-15-16-9-10-17(18(14-16)21-4-2)20-12-7-5-6-8-13-20/h9-10,14,19H,3-8,11-13,15H2,1-2H3. The van der Waals surface area contributed by atoms with Crippen LogP contribution in [0.2, 0.25) is 0 Å². The highest BCUT2D eigenvalue weighted by atomic mass is 16.5. The van der Waals surface area contributed by atoms with E-state index in [1.165, 1.54) is 43.4 Å². The van der Waals surface area contributed by atoms with Gasteiger partial charge in [0.2, 0.25) is 0 Å². The number of ether oxygens (including phenoxy) is 1. The van der Waals surface area contributed by atoms with E-state index in [0.29, 0.717) is 0 Å². The molecule has 0 aromatic heterocycles. The second-order valence-electron chi connectivity index (χ2n) is 5.81. The molecule has 1 aliphatic rings. The molecule has 0 amide bonds. The SMILES string of the molecule is CCCNCc1ccc(N2CCCCCC2)c(OCC)c1. The third-order valence-electron chi connectivity index (χ3n) is 4.03. The van der Waals surface area contributed by atoms with Crippen molar-refractivity contribution in [2.75, 3.05) is 31.1 Å². The number of hydrogen-bond acceptors (Lipinski definition) is 3. The number of anilines is 1. The Balaban J connectivity index is 2.11. The predicted octanol–water partition coefficient (Wildman–Crippen LogP) is 3.97. The maximum atomic E-state index is 5.91. The van der Waals surface area contributed by atoms with Crippen molar-refractivity contribution in [3.05, 3.63) is 23.8 Å². The predicted molar refractivity (Wildman–Crippen MR) is 90.3 cm³/mol. The van der Waals surface area contributed by atoms with E-state index in [1.807, 2.05) is 0 Å². The van der Waals surface area contributed by atoms with Crippen molar-refractivity contribution in [1.29, 1.82) is 0 Å². The van der Waals surface area contributed by atoms with E-state index in [4.69, 9.17) is 4.74 Å². The Labute approximate surface area is 129 Å². The molecule has 0 bridgehead atoms. The second kappa shape index (κ2) is 8.93. The van der Waals surface area contributed by atoms with Gasteiger partial charge in [-0.1, -0.05) is 25.8 Å². The van der Waals surface area contributed by atoms with Gasteiger partial charge in [-0.25, -0.2) is 0 Å². The Kier molecular flexibility index (Phi) is 6.87. The molecular formula is C18H30N2O. The highest BCUT2D eigenvalue weighted by Gasteiger charge is 2.14. The Bertz CT molecular complexity index is 412. The summed E-state index contributed by atoms with van der Waals surface area (Å²) in [6.07, 6.45) is 6.49. The Morgan fingerprint density at radius 1 is 1.10 bits per heavy atom. The van der Waals surface area contributed by atoms with E-state index >= 15 is 0 Å². The van der Waals surface area contributed by atoms with Gasteiger partial charge in [0.25, 0.3) is 0 Å². The number of benzene rings is 1. The van der Waals surface area contributed by atoms with Crippen LogP contribution in [0.1, 0.15) is 51.5 Å². The van der Waals surface area contributed by atoms with Gasteiger partial charge in [0.1, 0.15) is 5.75 Å². The quantitative estimate of drug-likeness (QED) is 0.769. The van der Waals surface area contributed by atoms with E-state index in [1.54, 1.807) is 0 Å². The molecule has 3 nitrogen and oxygen atoms in total. The molecule has 0 spiro atoms. The van der Waals surface area contributed by atoms with Crippen molar-refractivity contribution >= 4 is 5.69 Å². The lowest BCUT2D eigenvalue weighted by Crippen LogP contribution is -2.24. The van der Waals surface area contributed by atoms with Gasteiger partial charge < -0.3 is 15.0 Å². The van der Waals surface area contributed by atoms with Crippen LogP contribution in [-0.4, -0.2) is 26.2 Å². The molecule has 21 heavy (non-hydrogen) atoms. The molecule has 1 saturated heterocycles. The normalized spacial score (nSPS) is 15.8. The average molecular weight is 290 g/mol. The average Bonchev–Trinajstić information content (AvgIpc) is 2.77. The van der Waals surface area contributed by atoms with Crippen molar-refractivity contribution < 1.29 is 4.74 Å². The molecule has 3 heteroatoms. The zero-order valence-corrected chi connectivity index (χ0v) is 13.7. The maximum absolute atomic E-state index is 5.91. The van der Waals surface area contributed by atoms with Gasteiger partial charge in [-0.15, -0.1) is 0 Å². The van der Waals surface area contributed by atoms with Gasteiger partial charge in [-0.3, -0.25) is 0 Å². The molecule has 1 fully saturated rings. The Hall–Kier alpha value is -1.22. The summed E-state index contributed by atoms with van der Waals surface area (Å²) < 4.78 is 5.91. The summed E-state index contributed by atoms with van der Waals surface area (Å²) in [6, 6.07) is 6.71. The molecule has 0 atom stereocenters. The zero-order chi connectivity index (χ0) is 14.9. The third-order valence-corrected chi connectivity index (χ3v) is 4.03. The second-order valence-corrected chi connectivity index (χ2v) is 5.81. The van der Waals surface area contributed by atoms with E-state index in [-0.39, 0.29) is 0 Å². The van der Waals surface area contributed by atoms with Crippen LogP contribution >= 0.6 is 0 Å². The minimum atomic E-state index is 0.729. The van der Waals surface area contributed by atoms with E-state index in [2.05, 4.69) is 42.3 Å². The van der Waals surface area contributed by atoms with Crippen LogP contribution in [0.15, 0.2) is 18.2 Å². The lowest BCUT2D eigenvalue weighted by Gasteiger charge is -2.25. The highest BCUT2D eigenvalue weighted by molar-refractivity contribution is 5.60. The third kappa shape index (κ3) is 4.92. The van der Waals surface area contributed by atoms with Gasteiger partial charge in [0.15, 0.2) is 0 Å². The fraction of sp³-hybridized carbons (Fsp3) is 0.667. The van der Waals surface area contributed by atoms with Crippen LogP contribution < -0.4 is 15.0 Å². The van der Waals surface area contributed by atoms with Crippen molar-refractivity contribution in [3.63, 3.8) is 0 Å². The van der Waals surface area contributed by atoms with Gasteiger partial charge >= 0.3 is 0 Å². The first-order valence-electron chi connectivity index (χ1n) is 8.56. The molecule has 1 heterocycles. The van der Waals surface area contributed by atoms with E-state index in [0.717, 1.165) is 38.5 Å². The van der Waals surface area contributed by atoms with Gasteiger partial charge in [-0.2, -0.15) is 0 Å². The van der Waals surface area contributed by atoms with Crippen LogP contribution in [0.3, 0.4) is 0 Å². The first-order valence-corrected chi connectivity index (χ1v) is 8.56. The van der Waals surface area contributed by atoms with Crippen molar-refractivity contribution in [2.45, 2.75) is 52.5 Å². The summed E-state index contributed by atoms with van der Waals surface area (Å²) in [6.45, 7) is 9.30. The van der Waals surface area contributed by atoms with Crippen LogP contribution in [0.5, 0.6) is 5.75 Å². The molecule has 0 aliphatic carbocycles. The summed E-state index contributed by atoms with van der Waals surface area (Å²) in [5.41, 5.74) is 2.59. The van der Waals surface area contributed by atoms with Gasteiger partial charge in [0.05, 0.1) is 12.3 Å². The van der Waals surface area contributed by atoms with E-state index in [9.17, 15) is 0 Å². The topological polar surface area (TPSA) is 24.5 Å². The fourth-order valence-corrected chi connectivity index (χ4v) is 2.92. The number of nitrogens with one attached hydrogen (secondary N) is 1. The maximum Gasteiger partial charge on any atom is 0.142 e. The molecule has 1 aliphatic heterocycles. The van der Waals surface area contributed by atoms with Gasteiger partial charge in [0, 0.05) is 19.6 Å².